The summed E-state index contributed by atoms with van der Waals surface area (Å²) in [5, 5.41) is 11.2. The largest absolute Gasteiger partial charge is 0.390 e. The summed E-state index contributed by atoms with van der Waals surface area (Å²) in [6, 6.07) is 0. The lowest BCUT2D eigenvalue weighted by molar-refractivity contribution is -0.245. The standard InChI is InChI=1S/C31H54O/c1-20-12-16-29(7)23(26(20,2)3)14-17-31(9)24(29)11-10-22-25-21(27(4,5)32)13-15-28(25,6)18-19-30(22,31)8/h20-25,32H,10-19H2,1-9H3/t20-,21?,22?,23?,24?,25?,28+,29-,30+,31+/m0/s1. The summed E-state index contributed by atoms with van der Waals surface area (Å²) in [6.07, 6.45) is 14.0. The van der Waals surface area contributed by atoms with E-state index in [1.165, 1.54) is 64.2 Å². The van der Waals surface area contributed by atoms with Crippen LogP contribution in [0.5, 0.6) is 0 Å². The zero-order chi connectivity index (χ0) is 23.5. The molecule has 0 aromatic heterocycles. The van der Waals surface area contributed by atoms with E-state index in [0.29, 0.717) is 38.9 Å². The molecule has 5 rings (SSSR count). The molecular formula is C31H54O. The number of fused-ring (bicyclic) bond motifs is 7. The lowest BCUT2D eigenvalue weighted by Crippen LogP contribution is -2.66. The van der Waals surface area contributed by atoms with E-state index in [0.717, 1.165) is 23.7 Å². The normalized spacial score (nSPS) is 57.2. The highest BCUT2D eigenvalue weighted by atomic mass is 16.3. The van der Waals surface area contributed by atoms with Crippen molar-refractivity contribution in [1.29, 1.82) is 0 Å². The lowest BCUT2D eigenvalue weighted by atomic mass is 9.32. The van der Waals surface area contributed by atoms with Gasteiger partial charge in [-0.2, -0.15) is 0 Å². The molecule has 0 saturated heterocycles. The highest BCUT2D eigenvalue weighted by molar-refractivity contribution is 5.19. The maximum absolute atomic E-state index is 11.2. The van der Waals surface area contributed by atoms with Crippen LogP contribution in [0.15, 0.2) is 0 Å². The second-order valence-electron chi connectivity index (χ2n) is 15.9. The van der Waals surface area contributed by atoms with Crippen molar-refractivity contribution in [2.75, 3.05) is 0 Å². The Kier molecular flexibility index (Phi) is 5.03. The molecule has 0 radical (unpaired) electrons. The van der Waals surface area contributed by atoms with Gasteiger partial charge in [-0.15, -0.1) is 0 Å². The average molecular weight is 443 g/mol. The van der Waals surface area contributed by atoms with Gasteiger partial charge in [0.2, 0.25) is 0 Å². The number of hydrogen-bond acceptors (Lipinski definition) is 1. The van der Waals surface area contributed by atoms with Crippen LogP contribution in [0.4, 0.5) is 0 Å². The summed E-state index contributed by atoms with van der Waals surface area (Å²) in [5.74, 6) is 4.64. The van der Waals surface area contributed by atoms with Crippen molar-refractivity contribution in [3.05, 3.63) is 0 Å². The van der Waals surface area contributed by atoms with Crippen molar-refractivity contribution < 1.29 is 5.11 Å². The molecule has 5 fully saturated rings. The molecule has 0 amide bonds. The SMILES string of the molecule is C[C@H]1CC[C@@]2(C)C(CC[C@]3(C)C2CCC2C4C(C(C)(C)O)CC[C@]4(C)CC[C@]23C)C1(C)C. The van der Waals surface area contributed by atoms with Gasteiger partial charge in [-0.05, 0) is 141 Å². The fourth-order valence-electron chi connectivity index (χ4n) is 11.9. The second-order valence-corrected chi connectivity index (χ2v) is 15.9. The van der Waals surface area contributed by atoms with Gasteiger partial charge in [0.05, 0.1) is 5.60 Å². The van der Waals surface area contributed by atoms with Gasteiger partial charge in [0.25, 0.3) is 0 Å². The van der Waals surface area contributed by atoms with Crippen LogP contribution < -0.4 is 0 Å². The summed E-state index contributed by atoms with van der Waals surface area (Å²) in [4.78, 5) is 0. The first-order valence-corrected chi connectivity index (χ1v) is 14.3. The van der Waals surface area contributed by atoms with Crippen molar-refractivity contribution in [1.82, 2.24) is 0 Å². The van der Waals surface area contributed by atoms with Crippen LogP contribution >= 0.6 is 0 Å². The molecule has 0 heterocycles. The molecule has 0 spiro atoms. The van der Waals surface area contributed by atoms with Crippen molar-refractivity contribution in [3.8, 4) is 0 Å². The summed E-state index contributed by atoms with van der Waals surface area (Å²) >= 11 is 0. The van der Waals surface area contributed by atoms with Gasteiger partial charge in [0, 0.05) is 0 Å². The van der Waals surface area contributed by atoms with Crippen molar-refractivity contribution in [3.63, 3.8) is 0 Å². The van der Waals surface area contributed by atoms with Gasteiger partial charge in [-0.25, -0.2) is 0 Å². The van der Waals surface area contributed by atoms with Crippen LogP contribution in [0.1, 0.15) is 127 Å². The lowest BCUT2D eigenvalue weighted by Gasteiger charge is -2.73. The van der Waals surface area contributed by atoms with Crippen molar-refractivity contribution in [2.45, 2.75) is 132 Å². The fourth-order valence-corrected chi connectivity index (χ4v) is 11.9. The predicted octanol–water partition coefficient (Wildman–Crippen LogP) is 8.49. The minimum absolute atomic E-state index is 0.440. The first-order chi connectivity index (χ1) is 14.6. The number of rotatable bonds is 1. The number of hydrogen-bond donors (Lipinski definition) is 1. The van der Waals surface area contributed by atoms with Crippen LogP contribution in [0.3, 0.4) is 0 Å². The second kappa shape index (κ2) is 6.79. The van der Waals surface area contributed by atoms with Crippen LogP contribution in [-0.2, 0) is 0 Å². The summed E-state index contributed by atoms with van der Waals surface area (Å²) in [6.45, 7) is 22.8. The third-order valence-electron chi connectivity index (χ3n) is 14.3. The minimum atomic E-state index is -0.536. The predicted molar refractivity (Wildman–Crippen MR) is 135 cm³/mol. The summed E-state index contributed by atoms with van der Waals surface area (Å²) in [5.41, 5.74) is 1.83. The van der Waals surface area contributed by atoms with E-state index in [4.69, 9.17) is 0 Å². The average Bonchev–Trinajstić information content (AvgIpc) is 3.04. The van der Waals surface area contributed by atoms with Crippen LogP contribution in [0.2, 0.25) is 0 Å². The fraction of sp³-hybridized carbons (Fsp3) is 1.00. The van der Waals surface area contributed by atoms with Gasteiger partial charge in [-0.1, -0.05) is 48.5 Å². The minimum Gasteiger partial charge on any atom is -0.390 e. The maximum Gasteiger partial charge on any atom is 0.0622 e. The van der Waals surface area contributed by atoms with E-state index in [9.17, 15) is 5.11 Å². The molecular weight excluding hydrogens is 388 g/mol. The van der Waals surface area contributed by atoms with Gasteiger partial charge in [0.1, 0.15) is 0 Å². The van der Waals surface area contributed by atoms with E-state index >= 15 is 0 Å². The third kappa shape index (κ3) is 2.79. The summed E-state index contributed by atoms with van der Waals surface area (Å²) in [7, 11) is 0. The molecule has 5 aliphatic rings. The first kappa shape index (κ1) is 23.7. The zero-order valence-electron chi connectivity index (χ0n) is 23.0. The smallest absolute Gasteiger partial charge is 0.0622 e. The molecule has 0 aromatic carbocycles. The van der Waals surface area contributed by atoms with Crippen molar-refractivity contribution in [2.24, 2.45) is 62.6 Å². The van der Waals surface area contributed by atoms with Crippen LogP contribution in [-0.4, -0.2) is 10.7 Å². The highest BCUT2D eigenvalue weighted by Gasteiger charge is 2.70. The number of aliphatic hydroxyl groups is 1. The Morgan fingerprint density at radius 2 is 1.38 bits per heavy atom. The van der Waals surface area contributed by atoms with E-state index in [-0.39, 0.29) is 0 Å². The van der Waals surface area contributed by atoms with Gasteiger partial charge >= 0.3 is 0 Å². The molecule has 1 nitrogen and oxygen atoms in total. The molecule has 10 atom stereocenters. The topological polar surface area (TPSA) is 20.2 Å². The van der Waals surface area contributed by atoms with E-state index in [2.05, 4.69) is 62.3 Å². The Morgan fingerprint density at radius 3 is 2.03 bits per heavy atom. The molecule has 5 saturated carbocycles. The molecule has 0 bridgehead atoms. The Balaban J connectivity index is 1.54. The quantitative estimate of drug-likeness (QED) is 0.431. The summed E-state index contributed by atoms with van der Waals surface area (Å²) < 4.78 is 0. The molecule has 1 N–H and O–H groups in total. The van der Waals surface area contributed by atoms with Gasteiger partial charge in [0.15, 0.2) is 0 Å². The Labute approximate surface area is 199 Å². The third-order valence-corrected chi connectivity index (χ3v) is 14.3. The zero-order valence-corrected chi connectivity index (χ0v) is 23.0. The highest BCUT2D eigenvalue weighted by Crippen LogP contribution is 2.77. The monoisotopic (exact) mass is 442 g/mol. The molecule has 32 heavy (non-hydrogen) atoms. The Bertz CT molecular complexity index is 761. The molecule has 5 aliphatic carbocycles. The van der Waals surface area contributed by atoms with Crippen LogP contribution in [0, 0.1) is 62.6 Å². The molecule has 5 unspecified atom stereocenters. The molecule has 1 heteroatoms. The Hall–Kier alpha value is -0.0400. The molecule has 184 valence electrons. The van der Waals surface area contributed by atoms with E-state index in [1.54, 1.807) is 0 Å². The van der Waals surface area contributed by atoms with E-state index in [1.807, 2.05) is 0 Å². The van der Waals surface area contributed by atoms with Gasteiger partial charge in [-0.3, -0.25) is 0 Å². The van der Waals surface area contributed by atoms with Crippen molar-refractivity contribution >= 4 is 0 Å². The van der Waals surface area contributed by atoms with Gasteiger partial charge < -0.3 is 5.11 Å². The molecule has 0 aromatic rings. The first-order valence-electron chi connectivity index (χ1n) is 14.3. The van der Waals surface area contributed by atoms with Crippen LogP contribution in [0.25, 0.3) is 0 Å². The maximum atomic E-state index is 11.2. The van der Waals surface area contributed by atoms with E-state index < -0.39 is 5.60 Å². The molecule has 0 aliphatic heterocycles. The Morgan fingerprint density at radius 1 is 0.688 bits per heavy atom.